The third-order valence-corrected chi connectivity index (χ3v) is 3.40. The summed E-state index contributed by atoms with van der Waals surface area (Å²) in [6.07, 6.45) is 3.03. The highest BCUT2D eigenvalue weighted by Gasteiger charge is 2.01. The van der Waals surface area contributed by atoms with Crippen molar-refractivity contribution in [3.63, 3.8) is 0 Å². The zero-order valence-electron chi connectivity index (χ0n) is 9.15. The monoisotopic (exact) mass is 236 g/mol. The Balaban J connectivity index is 1.85. The van der Waals surface area contributed by atoms with Crippen LogP contribution in [0.4, 0.5) is 5.13 Å². The molecule has 0 atom stereocenters. The van der Waals surface area contributed by atoms with Crippen molar-refractivity contribution >= 4 is 26.7 Å². The zero-order chi connectivity index (χ0) is 11.2. The SMILES string of the molecule is OCCCCCNc1nc2ccccc2s1. The lowest BCUT2D eigenvalue weighted by atomic mass is 10.2. The molecule has 0 unspecified atom stereocenters. The van der Waals surface area contributed by atoms with Crippen molar-refractivity contribution in [2.45, 2.75) is 19.3 Å². The number of aromatic nitrogens is 1. The molecule has 86 valence electrons. The predicted molar refractivity (Wildman–Crippen MR) is 69.0 cm³/mol. The molecule has 1 aromatic carbocycles. The number of benzene rings is 1. The van der Waals surface area contributed by atoms with Crippen molar-refractivity contribution in [2.24, 2.45) is 0 Å². The molecule has 3 nitrogen and oxygen atoms in total. The average molecular weight is 236 g/mol. The molecule has 2 aromatic rings. The molecule has 0 saturated carbocycles. The zero-order valence-corrected chi connectivity index (χ0v) is 9.96. The fourth-order valence-electron chi connectivity index (χ4n) is 1.56. The van der Waals surface area contributed by atoms with Gasteiger partial charge in [-0.1, -0.05) is 23.5 Å². The summed E-state index contributed by atoms with van der Waals surface area (Å²) in [5, 5.41) is 13.0. The van der Waals surface area contributed by atoms with Crippen LogP contribution in [0.3, 0.4) is 0 Å². The van der Waals surface area contributed by atoms with Crippen molar-refractivity contribution in [1.82, 2.24) is 4.98 Å². The van der Waals surface area contributed by atoms with Gasteiger partial charge in [-0.15, -0.1) is 0 Å². The fourth-order valence-corrected chi connectivity index (χ4v) is 2.45. The van der Waals surface area contributed by atoms with Crippen LogP contribution in [0, 0.1) is 0 Å². The van der Waals surface area contributed by atoms with Gasteiger partial charge in [0.25, 0.3) is 0 Å². The molecule has 2 N–H and O–H groups in total. The van der Waals surface area contributed by atoms with E-state index in [1.807, 2.05) is 18.2 Å². The second-order valence-electron chi connectivity index (χ2n) is 3.70. The van der Waals surface area contributed by atoms with Gasteiger partial charge in [0.1, 0.15) is 0 Å². The van der Waals surface area contributed by atoms with E-state index in [4.69, 9.17) is 5.11 Å². The van der Waals surface area contributed by atoms with Gasteiger partial charge in [-0.05, 0) is 31.4 Å². The van der Waals surface area contributed by atoms with Crippen LogP contribution < -0.4 is 5.32 Å². The van der Waals surface area contributed by atoms with Crippen LogP contribution in [-0.2, 0) is 0 Å². The van der Waals surface area contributed by atoms with Crippen molar-refractivity contribution < 1.29 is 5.11 Å². The van der Waals surface area contributed by atoms with Crippen LogP contribution in [0.25, 0.3) is 10.2 Å². The maximum absolute atomic E-state index is 8.65. The van der Waals surface area contributed by atoms with Gasteiger partial charge in [-0.2, -0.15) is 0 Å². The number of anilines is 1. The van der Waals surface area contributed by atoms with E-state index >= 15 is 0 Å². The summed E-state index contributed by atoms with van der Waals surface area (Å²) in [5.74, 6) is 0. The van der Waals surface area contributed by atoms with E-state index < -0.39 is 0 Å². The highest BCUT2D eigenvalue weighted by Crippen LogP contribution is 2.25. The number of aliphatic hydroxyl groups excluding tert-OH is 1. The third kappa shape index (κ3) is 2.93. The summed E-state index contributed by atoms with van der Waals surface area (Å²) in [5.41, 5.74) is 1.06. The topological polar surface area (TPSA) is 45.1 Å². The Kier molecular flexibility index (Phi) is 4.13. The minimum absolute atomic E-state index is 0.293. The highest BCUT2D eigenvalue weighted by atomic mass is 32.1. The van der Waals surface area contributed by atoms with E-state index in [0.29, 0.717) is 6.61 Å². The Morgan fingerprint density at radius 1 is 1.19 bits per heavy atom. The van der Waals surface area contributed by atoms with Gasteiger partial charge in [0, 0.05) is 13.2 Å². The summed E-state index contributed by atoms with van der Waals surface area (Å²) >= 11 is 1.69. The van der Waals surface area contributed by atoms with E-state index in [2.05, 4.69) is 16.4 Å². The van der Waals surface area contributed by atoms with Gasteiger partial charge < -0.3 is 10.4 Å². The largest absolute Gasteiger partial charge is 0.396 e. The lowest BCUT2D eigenvalue weighted by molar-refractivity contribution is 0.283. The second kappa shape index (κ2) is 5.82. The van der Waals surface area contributed by atoms with Gasteiger partial charge in [-0.25, -0.2) is 4.98 Å². The van der Waals surface area contributed by atoms with E-state index in [0.717, 1.165) is 36.5 Å². The lowest BCUT2D eigenvalue weighted by Crippen LogP contribution is -2.01. The van der Waals surface area contributed by atoms with Crippen LogP contribution in [0.2, 0.25) is 0 Å². The number of unbranched alkanes of at least 4 members (excludes halogenated alkanes) is 2. The third-order valence-electron chi connectivity index (χ3n) is 2.41. The Labute approximate surface area is 99.1 Å². The second-order valence-corrected chi connectivity index (χ2v) is 4.73. The summed E-state index contributed by atoms with van der Waals surface area (Å²) < 4.78 is 1.22. The highest BCUT2D eigenvalue weighted by molar-refractivity contribution is 7.22. The number of nitrogens with zero attached hydrogens (tertiary/aromatic N) is 1. The first-order chi connectivity index (χ1) is 7.90. The summed E-state index contributed by atoms with van der Waals surface area (Å²) in [7, 11) is 0. The normalized spacial score (nSPS) is 10.8. The van der Waals surface area contributed by atoms with E-state index in [9.17, 15) is 0 Å². The molecule has 0 aliphatic heterocycles. The molecule has 1 aromatic heterocycles. The molecule has 2 rings (SSSR count). The summed E-state index contributed by atoms with van der Waals surface area (Å²) in [4.78, 5) is 4.49. The first-order valence-electron chi connectivity index (χ1n) is 5.60. The quantitative estimate of drug-likeness (QED) is 0.758. The number of hydrogen-bond acceptors (Lipinski definition) is 4. The van der Waals surface area contributed by atoms with Crippen LogP contribution in [0.5, 0.6) is 0 Å². The van der Waals surface area contributed by atoms with E-state index in [1.165, 1.54) is 4.70 Å². The molecule has 0 aliphatic rings. The minimum Gasteiger partial charge on any atom is -0.396 e. The van der Waals surface area contributed by atoms with Crippen molar-refractivity contribution in [2.75, 3.05) is 18.5 Å². The van der Waals surface area contributed by atoms with Gasteiger partial charge in [0.15, 0.2) is 5.13 Å². The van der Waals surface area contributed by atoms with Crippen LogP contribution in [-0.4, -0.2) is 23.2 Å². The van der Waals surface area contributed by atoms with E-state index in [-0.39, 0.29) is 0 Å². The van der Waals surface area contributed by atoms with Crippen LogP contribution in [0.1, 0.15) is 19.3 Å². The van der Waals surface area contributed by atoms with Gasteiger partial charge in [0.05, 0.1) is 10.2 Å². The van der Waals surface area contributed by atoms with Crippen LogP contribution >= 0.6 is 11.3 Å². The van der Waals surface area contributed by atoms with Crippen molar-refractivity contribution in [1.29, 1.82) is 0 Å². The first-order valence-corrected chi connectivity index (χ1v) is 6.42. The van der Waals surface area contributed by atoms with Gasteiger partial charge in [-0.3, -0.25) is 0 Å². The molecule has 0 fully saturated rings. The molecular weight excluding hydrogens is 220 g/mol. The first kappa shape index (κ1) is 11.4. The number of hydrogen-bond donors (Lipinski definition) is 2. The minimum atomic E-state index is 0.293. The maximum Gasteiger partial charge on any atom is 0.183 e. The Hall–Kier alpha value is -1.13. The molecule has 0 radical (unpaired) electrons. The summed E-state index contributed by atoms with van der Waals surface area (Å²) in [6.45, 7) is 1.22. The number of para-hydroxylation sites is 1. The fraction of sp³-hybridized carbons (Fsp3) is 0.417. The van der Waals surface area contributed by atoms with Gasteiger partial charge >= 0.3 is 0 Å². The maximum atomic E-state index is 8.65. The number of fused-ring (bicyclic) bond motifs is 1. The Morgan fingerprint density at radius 2 is 2.06 bits per heavy atom. The van der Waals surface area contributed by atoms with Crippen LogP contribution in [0.15, 0.2) is 24.3 Å². The Bertz CT molecular complexity index is 408. The molecule has 16 heavy (non-hydrogen) atoms. The smallest absolute Gasteiger partial charge is 0.183 e. The molecule has 1 heterocycles. The number of aliphatic hydroxyl groups is 1. The lowest BCUT2D eigenvalue weighted by Gasteiger charge is -2.00. The van der Waals surface area contributed by atoms with E-state index in [1.54, 1.807) is 11.3 Å². The molecule has 0 amide bonds. The standard InChI is InChI=1S/C12H16N2OS/c15-9-5-1-4-8-13-12-14-10-6-2-3-7-11(10)16-12/h2-3,6-7,15H,1,4-5,8-9H2,(H,13,14). The molecule has 4 heteroatoms. The Morgan fingerprint density at radius 3 is 2.88 bits per heavy atom. The van der Waals surface area contributed by atoms with Crippen molar-refractivity contribution in [3.8, 4) is 0 Å². The number of nitrogens with one attached hydrogen (secondary N) is 1. The molecule has 0 saturated heterocycles. The molecule has 0 bridgehead atoms. The summed E-state index contributed by atoms with van der Waals surface area (Å²) in [6, 6.07) is 8.16. The average Bonchev–Trinajstić information content (AvgIpc) is 2.71. The molecule has 0 spiro atoms. The van der Waals surface area contributed by atoms with Gasteiger partial charge in [0.2, 0.25) is 0 Å². The van der Waals surface area contributed by atoms with Crippen molar-refractivity contribution in [3.05, 3.63) is 24.3 Å². The molecular formula is C12H16N2OS. The number of thiazole rings is 1. The predicted octanol–water partition coefficient (Wildman–Crippen LogP) is 2.87. The number of rotatable bonds is 6. The molecule has 0 aliphatic carbocycles.